The van der Waals surface area contributed by atoms with Crippen LogP contribution in [0.1, 0.15) is 22.8 Å². The molecular weight excluding hydrogens is 445 g/mol. The second kappa shape index (κ2) is 11.9. The molecule has 0 saturated heterocycles. The van der Waals surface area contributed by atoms with Crippen LogP contribution in [0.25, 0.3) is 0 Å². The van der Waals surface area contributed by atoms with Crippen molar-refractivity contribution in [2.24, 2.45) is 0 Å². The number of aliphatic hydroxyl groups is 1. The summed E-state index contributed by atoms with van der Waals surface area (Å²) >= 11 is 12.1. The van der Waals surface area contributed by atoms with Gasteiger partial charge in [0.2, 0.25) is 5.91 Å². The molecule has 3 rings (SSSR count). The maximum atomic E-state index is 13.0. The van der Waals surface area contributed by atoms with Gasteiger partial charge in [-0.2, -0.15) is 0 Å². The number of aliphatic hydroxyl groups excluding tert-OH is 1. The average molecular weight is 472 g/mol. The monoisotopic (exact) mass is 471 g/mol. The first kappa shape index (κ1) is 24.1. The van der Waals surface area contributed by atoms with Gasteiger partial charge in [0, 0.05) is 26.2 Å². The van der Waals surface area contributed by atoms with E-state index in [2.05, 4.69) is 5.32 Å². The van der Waals surface area contributed by atoms with Gasteiger partial charge in [0.1, 0.15) is 0 Å². The molecule has 1 atom stereocenters. The third kappa shape index (κ3) is 6.97. The van der Waals surface area contributed by atoms with Gasteiger partial charge in [0.05, 0.1) is 28.3 Å². The SMILES string of the molecule is Nc1c(Cl)cc(C(O)CNCCN(Cc2ccccc2)C(=O)Cc2ccccc2)cc1Cl. The van der Waals surface area contributed by atoms with Gasteiger partial charge in [0.15, 0.2) is 0 Å². The van der Waals surface area contributed by atoms with Crippen molar-refractivity contribution in [1.82, 2.24) is 10.2 Å². The molecule has 0 fully saturated rings. The van der Waals surface area contributed by atoms with Crippen LogP contribution in [0, 0.1) is 0 Å². The zero-order chi connectivity index (χ0) is 22.9. The van der Waals surface area contributed by atoms with Crippen LogP contribution in [0.2, 0.25) is 10.0 Å². The Bertz CT molecular complexity index is 993. The van der Waals surface area contributed by atoms with Crippen LogP contribution in [0.4, 0.5) is 5.69 Å². The Morgan fingerprint density at radius 3 is 2.12 bits per heavy atom. The van der Waals surface area contributed by atoms with Crippen LogP contribution >= 0.6 is 23.2 Å². The lowest BCUT2D eigenvalue weighted by molar-refractivity contribution is -0.131. The Kier molecular flexibility index (Phi) is 8.94. The summed E-state index contributed by atoms with van der Waals surface area (Å²) in [6.07, 6.45) is -0.452. The molecule has 5 nitrogen and oxygen atoms in total. The first-order valence-electron chi connectivity index (χ1n) is 10.4. The van der Waals surface area contributed by atoms with Crippen molar-refractivity contribution in [2.45, 2.75) is 19.1 Å². The molecule has 0 aliphatic carbocycles. The van der Waals surface area contributed by atoms with Crippen molar-refractivity contribution < 1.29 is 9.90 Å². The number of nitrogens with one attached hydrogen (secondary N) is 1. The Morgan fingerprint density at radius 1 is 0.969 bits per heavy atom. The van der Waals surface area contributed by atoms with E-state index in [4.69, 9.17) is 28.9 Å². The van der Waals surface area contributed by atoms with E-state index in [1.807, 2.05) is 65.6 Å². The van der Waals surface area contributed by atoms with Gasteiger partial charge in [-0.3, -0.25) is 4.79 Å². The first-order valence-corrected chi connectivity index (χ1v) is 11.2. The smallest absolute Gasteiger partial charge is 0.227 e. The van der Waals surface area contributed by atoms with Crippen molar-refractivity contribution in [3.8, 4) is 0 Å². The summed E-state index contributed by atoms with van der Waals surface area (Å²) in [5.41, 5.74) is 8.69. The Morgan fingerprint density at radius 2 is 1.53 bits per heavy atom. The standard InChI is InChI=1S/C25H27Cl2N3O2/c26-21-14-20(15-22(27)25(21)28)23(31)16-29-11-12-30(17-19-9-5-2-6-10-19)24(32)13-18-7-3-1-4-8-18/h1-10,14-15,23,29,31H,11-13,16-17,28H2. The Balaban J connectivity index is 1.57. The number of carbonyl (C=O) groups excluding carboxylic acids is 1. The maximum Gasteiger partial charge on any atom is 0.227 e. The fraction of sp³-hybridized carbons (Fsp3) is 0.240. The van der Waals surface area contributed by atoms with Crippen molar-refractivity contribution in [3.05, 3.63) is 99.5 Å². The molecule has 3 aromatic rings. The minimum atomic E-state index is -0.798. The van der Waals surface area contributed by atoms with Gasteiger partial charge in [0.25, 0.3) is 0 Å². The second-order valence-corrected chi connectivity index (χ2v) is 8.40. The number of hydrogen-bond acceptors (Lipinski definition) is 4. The zero-order valence-electron chi connectivity index (χ0n) is 17.7. The normalized spacial score (nSPS) is 11.8. The summed E-state index contributed by atoms with van der Waals surface area (Å²) in [5.74, 6) is 0.0551. The highest BCUT2D eigenvalue weighted by Gasteiger charge is 2.16. The molecule has 7 heteroatoms. The molecule has 1 amide bonds. The molecular formula is C25H27Cl2N3O2. The maximum absolute atomic E-state index is 13.0. The molecule has 3 aromatic carbocycles. The summed E-state index contributed by atoms with van der Waals surface area (Å²) in [6, 6.07) is 22.8. The van der Waals surface area contributed by atoms with Crippen molar-refractivity contribution in [1.29, 1.82) is 0 Å². The first-order chi connectivity index (χ1) is 15.4. The molecule has 0 radical (unpaired) electrons. The van der Waals surface area contributed by atoms with Gasteiger partial charge in [-0.05, 0) is 28.8 Å². The number of amides is 1. The summed E-state index contributed by atoms with van der Waals surface area (Å²) in [6.45, 7) is 1.86. The molecule has 0 aliphatic rings. The van der Waals surface area contributed by atoms with Crippen molar-refractivity contribution >= 4 is 34.8 Å². The third-order valence-electron chi connectivity index (χ3n) is 5.15. The zero-order valence-corrected chi connectivity index (χ0v) is 19.2. The molecule has 4 N–H and O–H groups in total. The van der Waals surface area contributed by atoms with Gasteiger partial charge in [-0.1, -0.05) is 83.9 Å². The topological polar surface area (TPSA) is 78.6 Å². The van der Waals surface area contributed by atoms with Crippen LogP contribution in [0.5, 0.6) is 0 Å². The van der Waals surface area contributed by atoms with Crippen LogP contribution in [0.15, 0.2) is 72.8 Å². The fourth-order valence-corrected chi connectivity index (χ4v) is 3.85. The summed E-state index contributed by atoms with van der Waals surface area (Å²) < 4.78 is 0. The summed E-state index contributed by atoms with van der Waals surface area (Å²) in [7, 11) is 0. The molecule has 0 heterocycles. The van der Waals surface area contributed by atoms with E-state index in [0.29, 0.717) is 53.9 Å². The van der Waals surface area contributed by atoms with Crippen LogP contribution in [-0.4, -0.2) is 35.5 Å². The lowest BCUT2D eigenvalue weighted by Gasteiger charge is -2.24. The number of hydrogen-bond donors (Lipinski definition) is 3. The van der Waals surface area contributed by atoms with E-state index in [9.17, 15) is 9.90 Å². The number of carbonyl (C=O) groups is 1. The van der Waals surface area contributed by atoms with Crippen molar-refractivity contribution in [3.63, 3.8) is 0 Å². The van der Waals surface area contributed by atoms with Crippen LogP contribution in [0.3, 0.4) is 0 Å². The second-order valence-electron chi connectivity index (χ2n) is 7.58. The highest BCUT2D eigenvalue weighted by atomic mass is 35.5. The number of nitrogens with zero attached hydrogens (tertiary/aromatic N) is 1. The molecule has 0 spiro atoms. The lowest BCUT2D eigenvalue weighted by atomic mass is 10.1. The van der Waals surface area contributed by atoms with Gasteiger partial charge < -0.3 is 21.1 Å². The molecule has 1 unspecified atom stereocenters. The highest BCUT2D eigenvalue weighted by Crippen LogP contribution is 2.31. The van der Waals surface area contributed by atoms with Gasteiger partial charge >= 0.3 is 0 Å². The number of nitrogen functional groups attached to an aromatic ring is 1. The van der Waals surface area contributed by atoms with E-state index < -0.39 is 6.10 Å². The summed E-state index contributed by atoms with van der Waals surface area (Å²) in [4.78, 5) is 14.8. The fourth-order valence-electron chi connectivity index (χ4n) is 3.34. The lowest BCUT2D eigenvalue weighted by Crippen LogP contribution is -2.38. The molecule has 0 aromatic heterocycles. The van der Waals surface area contributed by atoms with Crippen LogP contribution < -0.4 is 11.1 Å². The van der Waals surface area contributed by atoms with Crippen molar-refractivity contribution in [2.75, 3.05) is 25.4 Å². The highest BCUT2D eigenvalue weighted by molar-refractivity contribution is 6.38. The Hall–Kier alpha value is -2.57. The quantitative estimate of drug-likeness (QED) is 0.301. The minimum Gasteiger partial charge on any atom is -0.396 e. The number of benzene rings is 3. The van der Waals surface area contributed by atoms with E-state index in [1.165, 1.54) is 0 Å². The van der Waals surface area contributed by atoms with Crippen LogP contribution in [-0.2, 0) is 17.8 Å². The van der Waals surface area contributed by atoms with E-state index in [1.54, 1.807) is 12.1 Å². The molecule has 168 valence electrons. The predicted molar refractivity (Wildman–Crippen MR) is 131 cm³/mol. The largest absolute Gasteiger partial charge is 0.396 e. The number of halogens is 2. The molecule has 0 saturated carbocycles. The molecule has 0 aliphatic heterocycles. The van der Waals surface area contributed by atoms with E-state index >= 15 is 0 Å². The molecule has 32 heavy (non-hydrogen) atoms. The molecule has 0 bridgehead atoms. The Labute approximate surface area is 198 Å². The van der Waals surface area contributed by atoms with Gasteiger partial charge in [-0.25, -0.2) is 0 Å². The number of anilines is 1. The van der Waals surface area contributed by atoms with Gasteiger partial charge in [-0.15, -0.1) is 0 Å². The number of nitrogens with two attached hydrogens (primary N) is 1. The predicted octanol–water partition coefficient (Wildman–Crippen LogP) is 4.47. The van der Waals surface area contributed by atoms with E-state index in [0.717, 1.165) is 11.1 Å². The number of rotatable bonds is 10. The average Bonchev–Trinajstić information content (AvgIpc) is 2.80. The summed E-state index contributed by atoms with van der Waals surface area (Å²) in [5, 5.41) is 14.3. The van der Waals surface area contributed by atoms with E-state index in [-0.39, 0.29) is 5.91 Å². The third-order valence-corrected chi connectivity index (χ3v) is 5.77. The minimum absolute atomic E-state index is 0.0551.